The van der Waals surface area contributed by atoms with Gasteiger partial charge in [0.05, 0.1) is 12.8 Å². The maximum Gasteiger partial charge on any atom is 0.173 e. The maximum absolute atomic E-state index is 6.14. The summed E-state index contributed by atoms with van der Waals surface area (Å²) in [5, 5.41) is 4.84. The number of furan rings is 1. The third-order valence-corrected chi connectivity index (χ3v) is 6.05. The molecule has 0 spiro atoms. The number of nitrogens with one attached hydrogen (secondary N) is 1. The molecule has 1 saturated heterocycles. The molecular formula is C22H30ClN3OS. The summed E-state index contributed by atoms with van der Waals surface area (Å²) >= 11 is 11.9. The number of benzene rings is 1. The second-order valence-electron chi connectivity index (χ2n) is 7.80. The van der Waals surface area contributed by atoms with Gasteiger partial charge in [-0.2, -0.15) is 0 Å². The van der Waals surface area contributed by atoms with Crippen LogP contribution in [-0.2, 0) is 6.54 Å². The van der Waals surface area contributed by atoms with Crippen molar-refractivity contribution in [2.24, 2.45) is 5.92 Å². The van der Waals surface area contributed by atoms with Gasteiger partial charge in [-0.05, 0) is 93.3 Å². The van der Waals surface area contributed by atoms with E-state index in [4.69, 9.17) is 28.2 Å². The van der Waals surface area contributed by atoms with Gasteiger partial charge in [0.2, 0.25) is 0 Å². The Morgan fingerprint density at radius 3 is 2.96 bits per heavy atom. The quantitative estimate of drug-likeness (QED) is 0.593. The third kappa shape index (κ3) is 6.23. The van der Waals surface area contributed by atoms with Gasteiger partial charge in [0.1, 0.15) is 5.76 Å². The summed E-state index contributed by atoms with van der Waals surface area (Å²) in [5.74, 6) is 1.73. The zero-order valence-corrected chi connectivity index (χ0v) is 18.4. The van der Waals surface area contributed by atoms with E-state index in [0.717, 1.165) is 47.5 Å². The van der Waals surface area contributed by atoms with Crippen LogP contribution in [0, 0.1) is 12.8 Å². The molecule has 0 bridgehead atoms. The van der Waals surface area contributed by atoms with Gasteiger partial charge in [-0.15, -0.1) is 0 Å². The number of thiocarbonyl (C=S) groups is 1. The van der Waals surface area contributed by atoms with Gasteiger partial charge in [-0.3, -0.25) is 0 Å². The van der Waals surface area contributed by atoms with Crippen molar-refractivity contribution >= 4 is 34.6 Å². The van der Waals surface area contributed by atoms with E-state index in [2.05, 4.69) is 22.0 Å². The van der Waals surface area contributed by atoms with Gasteiger partial charge in [0.25, 0.3) is 0 Å². The summed E-state index contributed by atoms with van der Waals surface area (Å²) in [7, 11) is 0. The van der Waals surface area contributed by atoms with Gasteiger partial charge >= 0.3 is 0 Å². The maximum atomic E-state index is 6.14. The summed E-state index contributed by atoms with van der Waals surface area (Å²) in [6.07, 6.45) is 5.46. The van der Waals surface area contributed by atoms with E-state index in [9.17, 15) is 0 Å². The Labute approximate surface area is 178 Å². The molecule has 1 aliphatic rings. The van der Waals surface area contributed by atoms with E-state index < -0.39 is 0 Å². The van der Waals surface area contributed by atoms with Crippen LogP contribution < -0.4 is 5.32 Å². The lowest BCUT2D eigenvalue weighted by molar-refractivity contribution is 0.177. The molecule has 0 saturated carbocycles. The van der Waals surface area contributed by atoms with Crippen molar-refractivity contribution < 1.29 is 4.42 Å². The van der Waals surface area contributed by atoms with Crippen molar-refractivity contribution in [1.29, 1.82) is 0 Å². The number of rotatable bonds is 7. The van der Waals surface area contributed by atoms with Gasteiger partial charge in [-0.1, -0.05) is 18.5 Å². The molecular weight excluding hydrogens is 390 g/mol. The lowest BCUT2D eigenvalue weighted by Gasteiger charge is -2.32. The number of piperidine rings is 1. The fraction of sp³-hybridized carbons (Fsp3) is 0.500. The zero-order chi connectivity index (χ0) is 19.9. The second kappa shape index (κ2) is 10.3. The third-order valence-electron chi connectivity index (χ3n) is 5.27. The molecule has 1 N–H and O–H groups in total. The minimum atomic E-state index is 0.668. The first-order valence-electron chi connectivity index (χ1n) is 10.1. The topological polar surface area (TPSA) is 31.6 Å². The van der Waals surface area contributed by atoms with Gasteiger partial charge in [-0.25, -0.2) is 0 Å². The molecule has 0 unspecified atom stereocenters. The zero-order valence-electron chi connectivity index (χ0n) is 16.8. The summed E-state index contributed by atoms with van der Waals surface area (Å²) in [6.45, 7) is 9.45. The average molecular weight is 420 g/mol. The largest absolute Gasteiger partial charge is 0.467 e. The molecule has 0 aliphatic carbocycles. The van der Waals surface area contributed by atoms with Crippen LogP contribution in [0.5, 0.6) is 0 Å². The van der Waals surface area contributed by atoms with Gasteiger partial charge < -0.3 is 19.5 Å². The van der Waals surface area contributed by atoms with Crippen molar-refractivity contribution in [3.63, 3.8) is 0 Å². The van der Waals surface area contributed by atoms with E-state index in [0.29, 0.717) is 11.7 Å². The summed E-state index contributed by atoms with van der Waals surface area (Å²) in [6, 6.07) is 9.79. The Kier molecular flexibility index (Phi) is 7.77. The van der Waals surface area contributed by atoms with E-state index in [1.54, 1.807) is 6.26 Å². The molecule has 1 aromatic heterocycles. The van der Waals surface area contributed by atoms with E-state index >= 15 is 0 Å². The first kappa shape index (κ1) is 21.2. The SMILES string of the molecule is Cc1cc(NC(=S)N(CCCN2CCC[C@@H](C)C2)Cc2ccco2)ccc1Cl. The van der Waals surface area contributed by atoms with Crippen LogP contribution in [0.3, 0.4) is 0 Å². The van der Waals surface area contributed by atoms with Crippen LogP contribution in [0.2, 0.25) is 5.02 Å². The predicted octanol–water partition coefficient (Wildman–Crippen LogP) is 5.56. The molecule has 1 fully saturated rings. The summed E-state index contributed by atoms with van der Waals surface area (Å²) in [5.41, 5.74) is 1.99. The number of likely N-dealkylation sites (tertiary alicyclic amines) is 1. The van der Waals surface area contributed by atoms with Crippen LogP contribution in [0.25, 0.3) is 0 Å². The van der Waals surface area contributed by atoms with Crippen LogP contribution in [0.1, 0.15) is 37.5 Å². The Bertz CT molecular complexity index is 765. The normalized spacial score (nSPS) is 17.5. The van der Waals surface area contributed by atoms with Crippen LogP contribution >= 0.6 is 23.8 Å². The molecule has 2 heterocycles. The number of hydrogen-bond acceptors (Lipinski definition) is 3. The minimum absolute atomic E-state index is 0.668. The minimum Gasteiger partial charge on any atom is -0.467 e. The van der Waals surface area contributed by atoms with Crippen molar-refractivity contribution in [2.75, 3.05) is 31.5 Å². The van der Waals surface area contributed by atoms with Crippen molar-refractivity contribution in [3.8, 4) is 0 Å². The Morgan fingerprint density at radius 1 is 1.39 bits per heavy atom. The molecule has 0 radical (unpaired) electrons. The molecule has 1 atom stereocenters. The van der Waals surface area contributed by atoms with Gasteiger partial charge in [0.15, 0.2) is 5.11 Å². The highest BCUT2D eigenvalue weighted by Crippen LogP contribution is 2.20. The highest BCUT2D eigenvalue weighted by atomic mass is 35.5. The van der Waals surface area contributed by atoms with Crippen LogP contribution in [0.4, 0.5) is 5.69 Å². The molecule has 1 aliphatic heterocycles. The van der Waals surface area contributed by atoms with Crippen molar-refractivity contribution in [1.82, 2.24) is 9.80 Å². The number of nitrogens with zero attached hydrogens (tertiary/aromatic N) is 2. The Balaban J connectivity index is 1.58. The Hall–Kier alpha value is -1.56. The summed E-state index contributed by atoms with van der Waals surface area (Å²) in [4.78, 5) is 4.77. The van der Waals surface area contributed by atoms with E-state index in [-0.39, 0.29) is 0 Å². The molecule has 2 aromatic rings. The lowest BCUT2D eigenvalue weighted by Crippen LogP contribution is -2.39. The number of hydrogen-bond donors (Lipinski definition) is 1. The molecule has 152 valence electrons. The standard InChI is InChI=1S/C22H30ClN3OS/c1-17-6-3-10-25(15-17)11-5-12-26(16-20-7-4-13-27-20)22(28)24-19-8-9-21(23)18(2)14-19/h4,7-9,13-14,17H,3,5-6,10-12,15-16H2,1-2H3,(H,24,28)/t17-/m1/s1. The smallest absolute Gasteiger partial charge is 0.173 e. The Morgan fingerprint density at radius 2 is 2.25 bits per heavy atom. The van der Waals surface area contributed by atoms with E-state index in [1.807, 2.05) is 37.3 Å². The summed E-state index contributed by atoms with van der Waals surface area (Å²) < 4.78 is 5.55. The van der Waals surface area contributed by atoms with E-state index in [1.165, 1.54) is 25.9 Å². The molecule has 1 aromatic carbocycles. The first-order valence-corrected chi connectivity index (χ1v) is 10.9. The average Bonchev–Trinajstić information content (AvgIpc) is 3.17. The number of aryl methyl sites for hydroxylation is 1. The molecule has 4 nitrogen and oxygen atoms in total. The van der Waals surface area contributed by atoms with Crippen LogP contribution in [0.15, 0.2) is 41.0 Å². The van der Waals surface area contributed by atoms with Crippen molar-refractivity contribution in [3.05, 3.63) is 52.9 Å². The fourth-order valence-corrected chi connectivity index (χ4v) is 4.13. The van der Waals surface area contributed by atoms with Crippen LogP contribution in [-0.4, -0.2) is 41.1 Å². The highest BCUT2D eigenvalue weighted by Gasteiger charge is 2.17. The molecule has 28 heavy (non-hydrogen) atoms. The predicted molar refractivity (Wildman–Crippen MR) is 121 cm³/mol. The second-order valence-corrected chi connectivity index (χ2v) is 8.59. The van der Waals surface area contributed by atoms with Gasteiger partial charge in [0, 0.05) is 23.8 Å². The van der Waals surface area contributed by atoms with Crippen molar-refractivity contribution in [2.45, 2.75) is 39.7 Å². The monoisotopic (exact) mass is 419 g/mol. The molecule has 0 amide bonds. The lowest BCUT2D eigenvalue weighted by atomic mass is 10.0. The number of halogens is 1. The first-order chi connectivity index (χ1) is 13.5. The fourth-order valence-electron chi connectivity index (χ4n) is 3.74. The molecule has 3 rings (SSSR count). The molecule has 6 heteroatoms. The number of anilines is 1. The highest BCUT2D eigenvalue weighted by molar-refractivity contribution is 7.80.